The molecule has 0 bridgehead atoms. The normalized spacial score (nSPS) is 13.6. The summed E-state index contributed by atoms with van der Waals surface area (Å²) < 4.78 is 52.7. The molecule has 2 N–H and O–H groups in total. The van der Waals surface area contributed by atoms with E-state index in [-0.39, 0.29) is 30.6 Å². The fraction of sp³-hybridized carbons (Fsp3) is 0.348. The van der Waals surface area contributed by atoms with Gasteiger partial charge in [0.05, 0.1) is 36.3 Å². The number of nitrogens with zero attached hydrogens (tertiary/aromatic N) is 4. The molecule has 1 aliphatic heterocycles. The average Bonchev–Trinajstić information content (AvgIpc) is 2.92. The van der Waals surface area contributed by atoms with Gasteiger partial charge in [0.1, 0.15) is 5.75 Å². The average molecular weight is 536 g/mol. The molecule has 0 radical (unpaired) electrons. The van der Waals surface area contributed by atoms with Gasteiger partial charge in [-0.15, -0.1) is 0 Å². The highest BCUT2D eigenvalue weighted by Crippen LogP contribution is 2.28. The van der Waals surface area contributed by atoms with Crippen LogP contribution in [0, 0.1) is 17.1 Å². The maximum Gasteiger partial charge on any atom is 0.319 e. The van der Waals surface area contributed by atoms with Crippen molar-refractivity contribution in [3.63, 3.8) is 0 Å². The van der Waals surface area contributed by atoms with Gasteiger partial charge in [-0.1, -0.05) is 0 Å². The molecule has 0 aliphatic carbocycles. The summed E-state index contributed by atoms with van der Waals surface area (Å²) in [6.07, 6.45) is 0. The number of morpholine rings is 1. The van der Waals surface area contributed by atoms with Gasteiger partial charge < -0.3 is 19.3 Å². The molecule has 0 unspecified atom stereocenters. The highest BCUT2D eigenvalue weighted by molar-refractivity contribution is 7.89. The summed E-state index contributed by atoms with van der Waals surface area (Å²) in [5.41, 5.74) is 1.76. The number of hydrogen-bond donors (Lipinski definition) is 2. The fourth-order valence-electron chi connectivity index (χ4n) is 3.43. The summed E-state index contributed by atoms with van der Waals surface area (Å²) in [7, 11) is -2.93. The lowest BCUT2D eigenvalue weighted by Crippen LogP contribution is -2.49. The van der Waals surface area contributed by atoms with Gasteiger partial charge in [0.25, 0.3) is 5.91 Å². The van der Waals surface area contributed by atoms with E-state index in [1.807, 2.05) is 6.07 Å². The van der Waals surface area contributed by atoms with Gasteiger partial charge in [-0.2, -0.15) is 9.57 Å². The lowest BCUT2D eigenvalue weighted by Gasteiger charge is -2.32. The van der Waals surface area contributed by atoms with Crippen molar-refractivity contribution >= 4 is 22.0 Å². The van der Waals surface area contributed by atoms with Crippen molar-refractivity contribution in [3.8, 4) is 17.6 Å². The number of nitrogens with one attached hydrogen (secondary N) is 1. The first-order valence-electron chi connectivity index (χ1n) is 11.1. The number of amides is 3. The molecule has 198 valence electrons. The van der Waals surface area contributed by atoms with Crippen molar-refractivity contribution in [2.45, 2.75) is 4.90 Å². The zero-order valence-corrected chi connectivity index (χ0v) is 20.8. The highest BCUT2D eigenvalue weighted by Gasteiger charge is 2.29. The molecule has 1 fully saturated rings. The van der Waals surface area contributed by atoms with Gasteiger partial charge >= 0.3 is 6.03 Å². The molecule has 0 aromatic heterocycles. The van der Waals surface area contributed by atoms with E-state index in [2.05, 4.69) is 0 Å². The molecule has 12 nitrogen and oxygen atoms in total. The van der Waals surface area contributed by atoms with E-state index in [0.717, 1.165) is 22.5 Å². The molecule has 1 saturated heterocycles. The molecular weight excluding hydrogens is 509 g/mol. The van der Waals surface area contributed by atoms with E-state index >= 15 is 0 Å². The zero-order valence-electron chi connectivity index (χ0n) is 20.0. The second-order valence-electron chi connectivity index (χ2n) is 8.01. The topological polar surface area (TPSA) is 153 Å². The summed E-state index contributed by atoms with van der Waals surface area (Å²) >= 11 is 0. The summed E-state index contributed by atoms with van der Waals surface area (Å²) in [4.78, 5) is 26.8. The maximum absolute atomic E-state index is 14.8. The molecule has 2 aromatic rings. The van der Waals surface area contributed by atoms with Crippen molar-refractivity contribution < 1.29 is 37.1 Å². The second kappa shape index (κ2) is 12.5. The Kier molecular flexibility index (Phi) is 9.36. The SMILES string of the molecule is CN(CCN(CC(=O)NO)S(=O)(=O)c1ccc(Oc2ccc(C#N)cc2)c(F)c1)C(=O)N1CCOCC1. The van der Waals surface area contributed by atoms with Crippen LogP contribution in [0.15, 0.2) is 47.4 Å². The van der Waals surface area contributed by atoms with Crippen LogP contribution < -0.4 is 10.2 Å². The van der Waals surface area contributed by atoms with Crippen LogP contribution in [0.2, 0.25) is 0 Å². The highest BCUT2D eigenvalue weighted by atomic mass is 32.2. The van der Waals surface area contributed by atoms with Crippen molar-refractivity contribution in [3.05, 3.63) is 53.8 Å². The van der Waals surface area contributed by atoms with Gasteiger partial charge in [-0.05, 0) is 42.5 Å². The van der Waals surface area contributed by atoms with Gasteiger partial charge in [0, 0.05) is 33.2 Å². The van der Waals surface area contributed by atoms with Gasteiger partial charge in [0.15, 0.2) is 11.6 Å². The minimum absolute atomic E-state index is 0.0729. The van der Waals surface area contributed by atoms with E-state index in [1.54, 1.807) is 4.90 Å². The van der Waals surface area contributed by atoms with E-state index in [9.17, 15) is 22.4 Å². The molecule has 0 saturated carbocycles. The minimum atomic E-state index is -4.42. The lowest BCUT2D eigenvalue weighted by molar-refractivity contribution is -0.129. The third-order valence-corrected chi connectivity index (χ3v) is 7.33. The van der Waals surface area contributed by atoms with Crippen molar-refractivity contribution in [2.24, 2.45) is 0 Å². The van der Waals surface area contributed by atoms with Crippen LogP contribution in [0.3, 0.4) is 0 Å². The minimum Gasteiger partial charge on any atom is -0.454 e. The first-order chi connectivity index (χ1) is 17.6. The molecule has 0 atom stereocenters. The summed E-state index contributed by atoms with van der Waals surface area (Å²) in [5.74, 6) is -1.99. The van der Waals surface area contributed by atoms with Crippen LogP contribution in [-0.4, -0.2) is 92.7 Å². The number of hydrogen-bond acceptors (Lipinski definition) is 8. The van der Waals surface area contributed by atoms with Crippen molar-refractivity contribution in [2.75, 3.05) is 53.0 Å². The molecule has 14 heteroatoms. The lowest BCUT2D eigenvalue weighted by atomic mass is 10.2. The van der Waals surface area contributed by atoms with Crippen LogP contribution in [0.1, 0.15) is 5.56 Å². The summed E-state index contributed by atoms with van der Waals surface area (Å²) in [6.45, 7) is 0.455. The van der Waals surface area contributed by atoms with Crippen molar-refractivity contribution in [1.82, 2.24) is 19.6 Å². The summed E-state index contributed by atoms with van der Waals surface area (Å²) in [6, 6.07) is 10.5. The van der Waals surface area contributed by atoms with E-state index in [4.69, 9.17) is 19.9 Å². The van der Waals surface area contributed by atoms with Crippen LogP contribution >= 0.6 is 0 Å². The quantitative estimate of drug-likeness (QED) is 0.361. The van der Waals surface area contributed by atoms with E-state index < -0.39 is 33.2 Å². The first-order valence-corrected chi connectivity index (χ1v) is 12.6. The number of ether oxygens (including phenoxy) is 2. The number of benzene rings is 2. The predicted molar refractivity (Wildman–Crippen MR) is 127 cm³/mol. The Balaban J connectivity index is 1.76. The number of rotatable bonds is 9. The predicted octanol–water partition coefficient (Wildman–Crippen LogP) is 1.37. The Labute approximate surface area is 213 Å². The summed E-state index contributed by atoms with van der Waals surface area (Å²) in [5, 5.41) is 17.8. The zero-order chi connectivity index (χ0) is 27.0. The number of carbonyl (C=O) groups is 2. The second-order valence-corrected chi connectivity index (χ2v) is 9.95. The molecule has 1 aliphatic rings. The third-order valence-electron chi connectivity index (χ3n) is 5.49. The smallest absolute Gasteiger partial charge is 0.319 e. The Bertz CT molecular complexity index is 1260. The molecule has 3 amide bonds. The number of likely N-dealkylation sites (N-methyl/N-ethyl adjacent to an activating group) is 1. The van der Waals surface area contributed by atoms with Crippen molar-refractivity contribution in [1.29, 1.82) is 5.26 Å². The monoisotopic (exact) mass is 535 g/mol. The maximum atomic E-state index is 14.8. The fourth-order valence-corrected chi connectivity index (χ4v) is 4.83. The van der Waals surface area contributed by atoms with E-state index in [1.165, 1.54) is 41.7 Å². The van der Waals surface area contributed by atoms with Gasteiger partial charge in [0.2, 0.25) is 10.0 Å². The molecule has 37 heavy (non-hydrogen) atoms. The van der Waals surface area contributed by atoms with E-state index in [0.29, 0.717) is 31.9 Å². The van der Waals surface area contributed by atoms with Gasteiger partial charge in [-0.3, -0.25) is 10.0 Å². The Morgan fingerprint density at radius 1 is 1.19 bits per heavy atom. The number of halogens is 1. The Morgan fingerprint density at radius 2 is 1.86 bits per heavy atom. The third kappa shape index (κ3) is 7.14. The molecule has 3 rings (SSSR count). The van der Waals surface area contributed by atoms with Crippen LogP contribution in [0.4, 0.5) is 9.18 Å². The number of urea groups is 1. The van der Waals surface area contributed by atoms with Crippen LogP contribution in [0.5, 0.6) is 11.5 Å². The van der Waals surface area contributed by atoms with Gasteiger partial charge in [-0.25, -0.2) is 23.1 Å². The number of carbonyl (C=O) groups excluding carboxylic acids is 2. The Morgan fingerprint density at radius 3 is 2.46 bits per heavy atom. The molecule has 1 heterocycles. The molecular formula is C23H26FN5O7S. The standard InChI is InChI=1S/C23H26FN5O7S/c1-27(23(31)28-10-12-35-13-11-28)8-9-29(16-22(30)26-32)37(33,34)19-6-7-21(20(24)14-19)36-18-4-2-17(15-25)3-5-18/h2-7,14,32H,8-13,16H2,1H3,(H,26,30). The Hall–Kier alpha value is -3.77. The van der Waals surface area contributed by atoms with Crippen LogP contribution in [-0.2, 0) is 19.6 Å². The number of nitriles is 1. The number of sulfonamides is 1. The van der Waals surface area contributed by atoms with Crippen LogP contribution in [0.25, 0.3) is 0 Å². The number of hydroxylamine groups is 1. The molecule has 0 spiro atoms. The molecule has 2 aromatic carbocycles. The first kappa shape index (κ1) is 27.8. The largest absolute Gasteiger partial charge is 0.454 e.